The number of nitrogens with one attached hydrogen (secondary N) is 2. The highest BCUT2D eigenvalue weighted by Gasteiger charge is 2.38. The van der Waals surface area contributed by atoms with Crippen LogP contribution in [0, 0.1) is 25.7 Å². The van der Waals surface area contributed by atoms with Gasteiger partial charge >= 0.3 is 0 Å². The van der Waals surface area contributed by atoms with Crippen molar-refractivity contribution in [1.82, 2.24) is 20.4 Å². The molecule has 0 aliphatic heterocycles. The van der Waals surface area contributed by atoms with E-state index < -0.39 is 0 Å². The maximum absolute atomic E-state index is 11.9. The normalized spacial score (nSPS) is 18.1. The van der Waals surface area contributed by atoms with E-state index >= 15 is 0 Å². The van der Waals surface area contributed by atoms with Gasteiger partial charge < -0.3 is 15.2 Å². The van der Waals surface area contributed by atoms with E-state index in [1.807, 2.05) is 13.0 Å². The molecule has 3 aromatic heterocycles. The Morgan fingerprint density at radius 1 is 1.32 bits per heavy atom. The van der Waals surface area contributed by atoms with Gasteiger partial charge in [-0.15, -0.1) is 11.3 Å². The monoisotopic (exact) mass is 397 g/mol. The first kappa shape index (κ1) is 18.6. The molecule has 7 nitrogen and oxygen atoms in total. The highest BCUT2D eigenvalue weighted by molar-refractivity contribution is 7.15. The van der Waals surface area contributed by atoms with E-state index in [-0.39, 0.29) is 11.8 Å². The standard InChI is InChI=1S/C20H23N5O2S/c1-11-8-14(11)19(26)21-6-7-22-20-23-10-15(16-9-12(2)25-27-16)18(24-20)17-5-4-13(3)28-17/h4-5,9-11,14H,6-8H2,1-3H3,(H,21,26)(H,22,23,24)/t11-,14+/m1/s1. The molecule has 4 rings (SSSR count). The van der Waals surface area contributed by atoms with Crippen LogP contribution in [0.25, 0.3) is 21.9 Å². The molecule has 1 fully saturated rings. The molecule has 1 saturated carbocycles. The second kappa shape index (κ2) is 7.71. The average molecular weight is 398 g/mol. The molecule has 28 heavy (non-hydrogen) atoms. The predicted octanol–water partition coefficient (Wildman–Crippen LogP) is 3.66. The summed E-state index contributed by atoms with van der Waals surface area (Å²) >= 11 is 1.67. The van der Waals surface area contributed by atoms with Gasteiger partial charge in [-0.1, -0.05) is 12.1 Å². The molecule has 8 heteroatoms. The maximum Gasteiger partial charge on any atom is 0.223 e. The van der Waals surface area contributed by atoms with Crippen molar-refractivity contribution in [2.24, 2.45) is 11.8 Å². The maximum atomic E-state index is 11.9. The Hall–Kier alpha value is -2.74. The van der Waals surface area contributed by atoms with Crippen molar-refractivity contribution < 1.29 is 9.32 Å². The number of amides is 1. The molecule has 0 spiro atoms. The molecule has 146 valence electrons. The summed E-state index contributed by atoms with van der Waals surface area (Å²) in [6.45, 7) is 7.16. The molecular formula is C20H23N5O2S. The molecule has 1 aliphatic rings. The van der Waals surface area contributed by atoms with Gasteiger partial charge in [0.1, 0.15) is 0 Å². The first-order valence-corrected chi connectivity index (χ1v) is 10.2. The third-order valence-electron chi connectivity index (χ3n) is 4.81. The van der Waals surface area contributed by atoms with Gasteiger partial charge in [-0.25, -0.2) is 9.97 Å². The van der Waals surface area contributed by atoms with Crippen molar-refractivity contribution in [2.45, 2.75) is 27.2 Å². The SMILES string of the molecule is Cc1cc(-c2cnc(NCCNC(=O)[C@H]3C[C@H]3C)nc2-c2ccc(C)s2)on1. The Bertz CT molecular complexity index is 996. The van der Waals surface area contributed by atoms with Gasteiger partial charge in [0.05, 0.1) is 21.8 Å². The van der Waals surface area contributed by atoms with Gasteiger partial charge in [0.2, 0.25) is 11.9 Å². The third kappa shape index (κ3) is 4.06. The average Bonchev–Trinajstić information content (AvgIpc) is 3.03. The second-order valence-electron chi connectivity index (χ2n) is 7.24. The topological polar surface area (TPSA) is 92.9 Å². The van der Waals surface area contributed by atoms with Crippen molar-refractivity contribution in [3.05, 3.63) is 35.0 Å². The van der Waals surface area contributed by atoms with Gasteiger partial charge in [-0.3, -0.25) is 4.79 Å². The molecule has 3 aromatic rings. The van der Waals surface area contributed by atoms with E-state index in [4.69, 9.17) is 9.51 Å². The summed E-state index contributed by atoms with van der Waals surface area (Å²) in [5.74, 6) is 2.02. The first-order chi connectivity index (χ1) is 13.5. The molecule has 0 radical (unpaired) electrons. The number of hydrogen-bond acceptors (Lipinski definition) is 7. The number of rotatable bonds is 7. The lowest BCUT2D eigenvalue weighted by Crippen LogP contribution is -2.30. The number of carbonyl (C=O) groups is 1. The van der Waals surface area contributed by atoms with E-state index in [1.54, 1.807) is 17.5 Å². The van der Waals surface area contributed by atoms with Crippen molar-refractivity contribution >= 4 is 23.2 Å². The number of anilines is 1. The minimum atomic E-state index is 0.140. The Labute approximate surface area is 167 Å². The van der Waals surface area contributed by atoms with Gasteiger partial charge in [-0.2, -0.15) is 0 Å². The molecule has 0 saturated heterocycles. The minimum Gasteiger partial charge on any atom is -0.356 e. The highest BCUT2D eigenvalue weighted by atomic mass is 32.1. The first-order valence-electron chi connectivity index (χ1n) is 9.40. The van der Waals surface area contributed by atoms with Crippen LogP contribution in [0.3, 0.4) is 0 Å². The van der Waals surface area contributed by atoms with Crippen LogP contribution in [-0.2, 0) is 4.79 Å². The lowest BCUT2D eigenvalue weighted by Gasteiger charge is -2.09. The number of aryl methyl sites for hydroxylation is 2. The van der Waals surface area contributed by atoms with Crippen molar-refractivity contribution in [3.63, 3.8) is 0 Å². The fourth-order valence-electron chi connectivity index (χ4n) is 3.07. The minimum absolute atomic E-state index is 0.140. The number of nitrogens with zero attached hydrogens (tertiary/aromatic N) is 3. The summed E-state index contributed by atoms with van der Waals surface area (Å²) in [7, 11) is 0. The van der Waals surface area contributed by atoms with E-state index in [0.717, 1.165) is 28.2 Å². The van der Waals surface area contributed by atoms with Crippen molar-refractivity contribution in [1.29, 1.82) is 0 Å². The van der Waals surface area contributed by atoms with Crippen molar-refractivity contribution in [3.8, 4) is 21.9 Å². The zero-order valence-electron chi connectivity index (χ0n) is 16.2. The van der Waals surface area contributed by atoms with Crippen LogP contribution in [-0.4, -0.2) is 34.1 Å². The zero-order chi connectivity index (χ0) is 19.7. The van der Waals surface area contributed by atoms with E-state index in [9.17, 15) is 4.79 Å². The lowest BCUT2D eigenvalue weighted by atomic mass is 10.1. The predicted molar refractivity (Wildman–Crippen MR) is 109 cm³/mol. The molecule has 3 heterocycles. The molecule has 1 amide bonds. The van der Waals surface area contributed by atoms with Crippen LogP contribution < -0.4 is 10.6 Å². The highest BCUT2D eigenvalue weighted by Crippen LogP contribution is 2.37. The number of thiophene rings is 1. The third-order valence-corrected chi connectivity index (χ3v) is 5.82. The summed E-state index contributed by atoms with van der Waals surface area (Å²) in [6.07, 6.45) is 2.75. The smallest absolute Gasteiger partial charge is 0.223 e. The molecular weight excluding hydrogens is 374 g/mol. The summed E-state index contributed by atoms with van der Waals surface area (Å²) in [5.41, 5.74) is 2.43. The van der Waals surface area contributed by atoms with Crippen LogP contribution in [0.5, 0.6) is 0 Å². The van der Waals surface area contributed by atoms with Gasteiger partial charge in [0.25, 0.3) is 0 Å². The Balaban J connectivity index is 1.48. The number of hydrogen-bond donors (Lipinski definition) is 2. The summed E-state index contributed by atoms with van der Waals surface area (Å²) < 4.78 is 5.43. The zero-order valence-corrected chi connectivity index (χ0v) is 17.0. The quantitative estimate of drug-likeness (QED) is 0.591. The van der Waals surface area contributed by atoms with E-state index in [1.165, 1.54) is 4.88 Å². The van der Waals surface area contributed by atoms with Crippen LogP contribution in [0.1, 0.15) is 23.9 Å². The largest absolute Gasteiger partial charge is 0.356 e. The van der Waals surface area contributed by atoms with E-state index in [0.29, 0.717) is 30.7 Å². The van der Waals surface area contributed by atoms with Crippen molar-refractivity contribution in [2.75, 3.05) is 18.4 Å². The molecule has 1 aliphatic carbocycles. The molecule has 0 bridgehead atoms. The Kier molecular flexibility index (Phi) is 5.13. The number of carbonyl (C=O) groups excluding carboxylic acids is 1. The summed E-state index contributed by atoms with van der Waals surface area (Å²) in [6, 6.07) is 6.00. The lowest BCUT2D eigenvalue weighted by molar-refractivity contribution is -0.122. The second-order valence-corrected chi connectivity index (χ2v) is 8.52. The molecule has 0 unspecified atom stereocenters. The molecule has 0 aromatic carbocycles. The van der Waals surface area contributed by atoms with Crippen LogP contribution in [0.4, 0.5) is 5.95 Å². The van der Waals surface area contributed by atoms with Crippen LogP contribution in [0.15, 0.2) is 28.9 Å². The van der Waals surface area contributed by atoms with Crippen LogP contribution in [0.2, 0.25) is 0 Å². The molecule has 2 atom stereocenters. The Morgan fingerprint density at radius 3 is 2.79 bits per heavy atom. The van der Waals surface area contributed by atoms with Gasteiger partial charge in [0.15, 0.2) is 5.76 Å². The van der Waals surface area contributed by atoms with Gasteiger partial charge in [0, 0.05) is 36.1 Å². The summed E-state index contributed by atoms with van der Waals surface area (Å²) in [5, 5.41) is 10.1. The van der Waals surface area contributed by atoms with E-state index in [2.05, 4.69) is 46.8 Å². The fourth-order valence-corrected chi connectivity index (χ4v) is 3.94. The number of aromatic nitrogens is 3. The fraction of sp³-hybridized carbons (Fsp3) is 0.400. The molecule has 2 N–H and O–H groups in total. The van der Waals surface area contributed by atoms with Gasteiger partial charge in [-0.05, 0) is 38.3 Å². The van der Waals surface area contributed by atoms with Crippen LogP contribution >= 0.6 is 11.3 Å². The summed E-state index contributed by atoms with van der Waals surface area (Å²) in [4.78, 5) is 23.3. The Morgan fingerprint density at radius 2 is 2.14 bits per heavy atom.